The third kappa shape index (κ3) is 1.28. The molecular weight excluding hydrogens is 170 g/mol. The number of hydrogen-bond donors (Lipinski definition) is 0. The van der Waals surface area contributed by atoms with Crippen LogP contribution < -0.4 is 0 Å². The first-order valence-corrected chi connectivity index (χ1v) is 4.07. The van der Waals surface area contributed by atoms with E-state index in [1.54, 1.807) is 6.07 Å². The number of halogens is 1. The van der Waals surface area contributed by atoms with Crippen molar-refractivity contribution in [2.45, 2.75) is 6.92 Å². The van der Waals surface area contributed by atoms with Crippen LogP contribution >= 0.6 is 11.6 Å². The average Bonchev–Trinajstić information content (AvgIpc) is 2.05. The molecule has 0 fully saturated rings. The third-order valence-corrected chi connectivity index (χ3v) is 1.95. The Kier molecular flexibility index (Phi) is 1.74. The second-order valence-electron chi connectivity index (χ2n) is 2.73. The molecule has 2 aromatic rings. The van der Waals surface area contributed by atoms with Crippen LogP contribution in [0.5, 0.6) is 0 Å². The van der Waals surface area contributed by atoms with Crippen molar-refractivity contribution < 1.29 is 0 Å². The highest BCUT2D eigenvalue weighted by Crippen LogP contribution is 2.18. The van der Waals surface area contributed by atoms with Gasteiger partial charge in [-0.2, -0.15) is 0 Å². The summed E-state index contributed by atoms with van der Waals surface area (Å²) in [5, 5.41) is 2.80. The predicted molar refractivity (Wildman–Crippen MR) is 50.3 cm³/mol. The minimum Gasteiger partial charge on any atom is -0.261 e. The van der Waals surface area contributed by atoms with E-state index >= 15 is 0 Å². The molecule has 0 N–H and O–H groups in total. The van der Waals surface area contributed by atoms with E-state index in [1.165, 1.54) is 0 Å². The maximum absolute atomic E-state index is 5.80. The lowest BCUT2D eigenvalue weighted by atomic mass is 10.1. The van der Waals surface area contributed by atoms with Gasteiger partial charge in [-0.25, -0.2) is 0 Å². The lowest BCUT2D eigenvalue weighted by molar-refractivity contribution is 1.22. The third-order valence-electron chi connectivity index (χ3n) is 1.73. The van der Waals surface area contributed by atoms with Crippen LogP contribution in [0.4, 0.5) is 0 Å². The molecule has 0 amide bonds. The van der Waals surface area contributed by atoms with E-state index in [0.717, 1.165) is 16.5 Å². The van der Waals surface area contributed by atoms with Crippen LogP contribution in [0.3, 0.4) is 0 Å². The predicted octanol–water partition coefficient (Wildman–Crippen LogP) is 3.00. The Morgan fingerprint density at radius 3 is 3.08 bits per heavy atom. The SMILES string of the molecule is Cc1cc2[c]cc(Cl)cc2cn1. The summed E-state index contributed by atoms with van der Waals surface area (Å²) in [6.07, 6.45) is 1.81. The monoisotopic (exact) mass is 176 g/mol. The number of hydrogen-bond acceptors (Lipinski definition) is 1. The quantitative estimate of drug-likeness (QED) is 0.602. The van der Waals surface area contributed by atoms with E-state index in [4.69, 9.17) is 11.6 Å². The van der Waals surface area contributed by atoms with Crippen molar-refractivity contribution >= 4 is 22.4 Å². The van der Waals surface area contributed by atoms with Crippen LogP contribution in [0.25, 0.3) is 10.8 Å². The molecule has 2 heteroatoms. The molecule has 0 unspecified atom stereocenters. The highest BCUT2D eigenvalue weighted by atomic mass is 35.5. The maximum Gasteiger partial charge on any atom is 0.0419 e. The summed E-state index contributed by atoms with van der Waals surface area (Å²) < 4.78 is 0. The number of rotatable bonds is 0. The second-order valence-corrected chi connectivity index (χ2v) is 3.17. The summed E-state index contributed by atoms with van der Waals surface area (Å²) in [4.78, 5) is 4.17. The number of fused-ring (bicyclic) bond motifs is 1. The smallest absolute Gasteiger partial charge is 0.0419 e. The number of aromatic nitrogens is 1. The number of benzene rings is 1. The molecule has 12 heavy (non-hydrogen) atoms. The summed E-state index contributed by atoms with van der Waals surface area (Å²) in [6.45, 7) is 1.96. The zero-order valence-electron chi connectivity index (χ0n) is 6.63. The first-order valence-electron chi connectivity index (χ1n) is 3.69. The van der Waals surface area contributed by atoms with Crippen LogP contribution in [0, 0.1) is 13.0 Å². The lowest BCUT2D eigenvalue weighted by Gasteiger charge is -1.97. The molecule has 0 saturated heterocycles. The van der Waals surface area contributed by atoms with E-state index in [1.807, 2.05) is 25.3 Å². The van der Waals surface area contributed by atoms with Crippen LogP contribution in [-0.4, -0.2) is 4.98 Å². The van der Waals surface area contributed by atoms with Crippen molar-refractivity contribution in [2.75, 3.05) is 0 Å². The lowest BCUT2D eigenvalue weighted by Crippen LogP contribution is -1.80. The average molecular weight is 177 g/mol. The van der Waals surface area contributed by atoms with Gasteiger partial charge in [0.2, 0.25) is 0 Å². The van der Waals surface area contributed by atoms with E-state index in [0.29, 0.717) is 5.02 Å². The fraction of sp³-hybridized carbons (Fsp3) is 0.100. The Labute approximate surface area is 76.0 Å². The Bertz CT molecular complexity index is 382. The topological polar surface area (TPSA) is 12.9 Å². The normalized spacial score (nSPS) is 10.5. The molecule has 1 aromatic heterocycles. The second kappa shape index (κ2) is 2.76. The van der Waals surface area contributed by atoms with Crippen molar-refractivity contribution in [3.8, 4) is 0 Å². The highest BCUT2D eigenvalue weighted by molar-refractivity contribution is 6.31. The van der Waals surface area contributed by atoms with E-state index in [2.05, 4.69) is 11.1 Å². The fourth-order valence-electron chi connectivity index (χ4n) is 1.15. The molecule has 1 nitrogen and oxygen atoms in total. The van der Waals surface area contributed by atoms with Crippen LogP contribution in [0.2, 0.25) is 5.02 Å². The number of aryl methyl sites for hydroxylation is 1. The van der Waals surface area contributed by atoms with Crippen molar-refractivity contribution in [3.63, 3.8) is 0 Å². The Morgan fingerprint density at radius 1 is 1.42 bits per heavy atom. The van der Waals surface area contributed by atoms with Gasteiger partial charge in [0.25, 0.3) is 0 Å². The summed E-state index contributed by atoms with van der Waals surface area (Å²) in [7, 11) is 0. The number of pyridine rings is 1. The zero-order chi connectivity index (χ0) is 8.55. The molecule has 0 atom stereocenters. The van der Waals surface area contributed by atoms with Gasteiger partial charge in [0.05, 0.1) is 0 Å². The summed E-state index contributed by atoms with van der Waals surface area (Å²) >= 11 is 5.80. The first kappa shape index (κ1) is 7.56. The van der Waals surface area contributed by atoms with Crippen molar-refractivity contribution in [1.82, 2.24) is 4.98 Å². The maximum atomic E-state index is 5.80. The van der Waals surface area contributed by atoms with Gasteiger partial charge < -0.3 is 0 Å². The van der Waals surface area contributed by atoms with E-state index in [-0.39, 0.29) is 0 Å². The summed E-state index contributed by atoms with van der Waals surface area (Å²) in [6, 6.07) is 8.74. The van der Waals surface area contributed by atoms with Gasteiger partial charge in [0.1, 0.15) is 0 Å². The Hall–Kier alpha value is -1.08. The van der Waals surface area contributed by atoms with Gasteiger partial charge in [0, 0.05) is 22.3 Å². The molecule has 1 radical (unpaired) electrons. The van der Waals surface area contributed by atoms with E-state index in [9.17, 15) is 0 Å². The van der Waals surface area contributed by atoms with Crippen LogP contribution in [0.1, 0.15) is 5.69 Å². The van der Waals surface area contributed by atoms with Crippen molar-refractivity contribution in [2.24, 2.45) is 0 Å². The van der Waals surface area contributed by atoms with Crippen LogP contribution in [0.15, 0.2) is 24.4 Å². The number of nitrogens with zero attached hydrogens (tertiary/aromatic N) is 1. The molecule has 0 aliphatic heterocycles. The summed E-state index contributed by atoms with van der Waals surface area (Å²) in [5.41, 5.74) is 1.00. The first-order chi connectivity index (χ1) is 5.75. The zero-order valence-corrected chi connectivity index (χ0v) is 7.39. The largest absolute Gasteiger partial charge is 0.261 e. The summed E-state index contributed by atoms with van der Waals surface area (Å²) in [5.74, 6) is 0. The Morgan fingerprint density at radius 2 is 2.25 bits per heavy atom. The molecular formula is C10H7ClN. The molecule has 0 bridgehead atoms. The molecule has 2 rings (SSSR count). The van der Waals surface area contributed by atoms with Crippen molar-refractivity contribution in [3.05, 3.63) is 41.2 Å². The standard InChI is InChI=1S/C10H7ClN/c1-7-4-8-2-3-10(11)5-9(8)6-12-7/h3-6H,1H3. The van der Waals surface area contributed by atoms with Gasteiger partial charge in [-0.3, -0.25) is 4.98 Å². The minimum absolute atomic E-state index is 0.702. The van der Waals surface area contributed by atoms with Crippen LogP contribution in [-0.2, 0) is 0 Å². The molecule has 59 valence electrons. The van der Waals surface area contributed by atoms with Gasteiger partial charge in [-0.1, -0.05) is 11.6 Å². The molecule has 0 aliphatic carbocycles. The highest BCUT2D eigenvalue weighted by Gasteiger charge is 1.95. The fourth-order valence-corrected chi connectivity index (χ4v) is 1.32. The minimum atomic E-state index is 0.702. The molecule has 0 spiro atoms. The molecule has 1 aromatic carbocycles. The Balaban J connectivity index is 2.79. The van der Waals surface area contributed by atoms with Gasteiger partial charge in [0.15, 0.2) is 0 Å². The van der Waals surface area contributed by atoms with Crippen molar-refractivity contribution in [1.29, 1.82) is 0 Å². The van der Waals surface area contributed by atoms with Gasteiger partial charge >= 0.3 is 0 Å². The molecule has 1 heterocycles. The van der Waals surface area contributed by atoms with Gasteiger partial charge in [-0.15, -0.1) is 0 Å². The van der Waals surface area contributed by atoms with E-state index < -0.39 is 0 Å². The molecule has 0 saturated carbocycles. The van der Waals surface area contributed by atoms with Gasteiger partial charge in [-0.05, 0) is 36.6 Å². The molecule has 0 aliphatic rings.